The molecule has 2 nitrogen and oxygen atoms in total. The Balaban J connectivity index is 0.00000144. The van der Waals surface area contributed by atoms with E-state index in [2.05, 4.69) is 42.2 Å². The topological polar surface area (TPSA) is 16.1 Å². The molecule has 94 valence electrons. The highest BCUT2D eigenvalue weighted by Crippen LogP contribution is 2.32. The van der Waals surface area contributed by atoms with E-state index in [1.54, 1.807) is 0 Å². The van der Waals surface area contributed by atoms with Gasteiger partial charge in [0.1, 0.15) is 0 Å². The molecule has 0 N–H and O–H groups in total. The van der Waals surface area contributed by atoms with Gasteiger partial charge in [0.2, 0.25) is 0 Å². The monoisotopic (exact) mass is 252 g/mol. The van der Waals surface area contributed by atoms with Gasteiger partial charge in [-0.15, -0.1) is 12.4 Å². The molecular formula is C14H21ClN2. The van der Waals surface area contributed by atoms with E-state index in [9.17, 15) is 0 Å². The third-order valence-corrected chi connectivity index (χ3v) is 3.16. The largest absolute Gasteiger partial charge is 0.309 e. The van der Waals surface area contributed by atoms with Crippen LogP contribution in [0.15, 0.2) is 30.6 Å². The SMILES string of the molecule is CN(C)CC1CCCC=C1c1ccncc1.Cl. The van der Waals surface area contributed by atoms with E-state index >= 15 is 0 Å². The van der Waals surface area contributed by atoms with Crippen LogP contribution in [-0.2, 0) is 0 Å². The molecule has 0 bridgehead atoms. The van der Waals surface area contributed by atoms with Crippen LogP contribution in [0.4, 0.5) is 0 Å². The Morgan fingerprint density at radius 3 is 2.65 bits per heavy atom. The molecule has 3 heteroatoms. The molecule has 1 unspecified atom stereocenters. The van der Waals surface area contributed by atoms with Gasteiger partial charge < -0.3 is 4.90 Å². The number of rotatable bonds is 3. The predicted octanol–water partition coefficient (Wildman–Crippen LogP) is 3.25. The van der Waals surface area contributed by atoms with Gasteiger partial charge in [-0.25, -0.2) is 0 Å². The average Bonchev–Trinajstić information content (AvgIpc) is 2.30. The fraction of sp³-hybridized carbons (Fsp3) is 0.500. The maximum atomic E-state index is 4.09. The molecule has 1 aliphatic rings. The van der Waals surface area contributed by atoms with Crippen LogP contribution < -0.4 is 0 Å². The van der Waals surface area contributed by atoms with Crippen molar-refractivity contribution < 1.29 is 0 Å². The first-order valence-electron chi connectivity index (χ1n) is 6.02. The number of halogens is 1. The summed E-state index contributed by atoms with van der Waals surface area (Å²) >= 11 is 0. The lowest BCUT2D eigenvalue weighted by atomic mass is 9.84. The van der Waals surface area contributed by atoms with E-state index in [1.807, 2.05) is 12.4 Å². The zero-order chi connectivity index (χ0) is 11.4. The summed E-state index contributed by atoms with van der Waals surface area (Å²) < 4.78 is 0. The first-order valence-corrected chi connectivity index (χ1v) is 6.02. The van der Waals surface area contributed by atoms with Gasteiger partial charge in [0.15, 0.2) is 0 Å². The van der Waals surface area contributed by atoms with Crippen LogP contribution in [0.2, 0.25) is 0 Å². The Kier molecular flexibility index (Phi) is 5.66. The highest BCUT2D eigenvalue weighted by molar-refractivity contribution is 5.85. The minimum atomic E-state index is 0. The van der Waals surface area contributed by atoms with Crippen molar-refractivity contribution in [2.24, 2.45) is 5.92 Å². The van der Waals surface area contributed by atoms with E-state index in [0.29, 0.717) is 5.92 Å². The minimum Gasteiger partial charge on any atom is -0.309 e. The van der Waals surface area contributed by atoms with Gasteiger partial charge in [-0.3, -0.25) is 4.98 Å². The van der Waals surface area contributed by atoms with Gasteiger partial charge in [0.25, 0.3) is 0 Å². The second kappa shape index (κ2) is 6.77. The van der Waals surface area contributed by atoms with Crippen molar-refractivity contribution in [3.63, 3.8) is 0 Å². The third-order valence-electron chi connectivity index (χ3n) is 3.16. The Morgan fingerprint density at radius 1 is 1.29 bits per heavy atom. The van der Waals surface area contributed by atoms with Gasteiger partial charge >= 0.3 is 0 Å². The summed E-state index contributed by atoms with van der Waals surface area (Å²) in [6.45, 7) is 1.15. The fourth-order valence-corrected chi connectivity index (χ4v) is 2.47. The summed E-state index contributed by atoms with van der Waals surface area (Å²) in [5, 5.41) is 0. The first-order chi connectivity index (χ1) is 7.77. The zero-order valence-electron chi connectivity index (χ0n) is 10.6. The Morgan fingerprint density at radius 2 is 2.00 bits per heavy atom. The van der Waals surface area contributed by atoms with Crippen LogP contribution in [0, 0.1) is 5.92 Å². The van der Waals surface area contributed by atoms with E-state index in [0.717, 1.165) is 6.54 Å². The molecule has 0 aliphatic heterocycles. The van der Waals surface area contributed by atoms with Crippen molar-refractivity contribution in [2.45, 2.75) is 19.3 Å². The second-order valence-electron chi connectivity index (χ2n) is 4.79. The first kappa shape index (κ1) is 14.2. The number of nitrogens with zero attached hydrogens (tertiary/aromatic N) is 2. The Labute approximate surface area is 110 Å². The lowest BCUT2D eigenvalue weighted by Gasteiger charge is -2.27. The van der Waals surface area contributed by atoms with Crippen LogP contribution in [-0.4, -0.2) is 30.5 Å². The molecule has 0 fully saturated rings. The van der Waals surface area contributed by atoms with Crippen molar-refractivity contribution in [2.75, 3.05) is 20.6 Å². The summed E-state index contributed by atoms with van der Waals surface area (Å²) in [5.41, 5.74) is 2.86. The van der Waals surface area contributed by atoms with Crippen LogP contribution in [0.25, 0.3) is 5.57 Å². The lowest BCUT2D eigenvalue weighted by Crippen LogP contribution is -2.24. The summed E-state index contributed by atoms with van der Waals surface area (Å²) in [7, 11) is 4.30. The summed E-state index contributed by atoms with van der Waals surface area (Å²) in [4.78, 5) is 6.37. The molecule has 0 radical (unpaired) electrons. The minimum absolute atomic E-state index is 0. The number of hydrogen-bond acceptors (Lipinski definition) is 2. The van der Waals surface area contributed by atoms with E-state index < -0.39 is 0 Å². The molecule has 1 aliphatic carbocycles. The van der Waals surface area contributed by atoms with Crippen LogP contribution >= 0.6 is 12.4 Å². The molecule has 1 aromatic heterocycles. The lowest BCUT2D eigenvalue weighted by molar-refractivity contribution is 0.347. The van der Waals surface area contributed by atoms with Crippen molar-refractivity contribution in [1.82, 2.24) is 9.88 Å². The third kappa shape index (κ3) is 3.83. The van der Waals surface area contributed by atoms with Gasteiger partial charge in [-0.05, 0) is 62.5 Å². The van der Waals surface area contributed by atoms with Crippen LogP contribution in [0.3, 0.4) is 0 Å². The standard InChI is InChI=1S/C14H20N2.ClH/c1-16(2)11-13-5-3-4-6-14(13)12-7-9-15-10-8-12;/h6-10,13H,3-5,11H2,1-2H3;1H. The summed E-state index contributed by atoms with van der Waals surface area (Å²) in [6, 6.07) is 4.25. The molecule has 0 aromatic carbocycles. The average molecular weight is 253 g/mol. The Hall–Kier alpha value is -0.860. The molecule has 1 atom stereocenters. The summed E-state index contributed by atoms with van der Waals surface area (Å²) in [6.07, 6.45) is 10.0. The van der Waals surface area contributed by atoms with Crippen LogP contribution in [0.1, 0.15) is 24.8 Å². The molecule has 2 rings (SSSR count). The van der Waals surface area contributed by atoms with Gasteiger partial charge in [0.05, 0.1) is 0 Å². The molecule has 17 heavy (non-hydrogen) atoms. The maximum Gasteiger partial charge on any atom is 0.0273 e. The molecular weight excluding hydrogens is 232 g/mol. The smallest absolute Gasteiger partial charge is 0.0273 e. The van der Waals surface area contributed by atoms with Crippen molar-refractivity contribution in [3.05, 3.63) is 36.2 Å². The predicted molar refractivity (Wildman–Crippen MR) is 75.4 cm³/mol. The number of hydrogen-bond donors (Lipinski definition) is 0. The second-order valence-corrected chi connectivity index (χ2v) is 4.79. The maximum absolute atomic E-state index is 4.09. The quantitative estimate of drug-likeness (QED) is 0.821. The van der Waals surface area contributed by atoms with E-state index in [1.165, 1.54) is 30.4 Å². The number of aromatic nitrogens is 1. The van der Waals surface area contributed by atoms with E-state index in [-0.39, 0.29) is 12.4 Å². The summed E-state index contributed by atoms with van der Waals surface area (Å²) in [5.74, 6) is 0.686. The van der Waals surface area contributed by atoms with Crippen molar-refractivity contribution >= 4 is 18.0 Å². The molecule has 0 spiro atoms. The molecule has 0 saturated carbocycles. The number of allylic oxidation sites excluding steroid dienone is 1. The van der Waals surface area contributed by atoms with Crippen LogP contribution in [0.5, 0.6) is 0 Å². The number of pyridine rings is 1. The fourth-order valence-electron chi connectivity index (χ4n) is 2.47. The molecule has 1 heterocycles. The van der Waals surface area contributed by atoms with Crippen molar-refractivity contribution in [1.29, 1.82) is 0 Å². The molecule has 1 aromatic rings. The molecule has 0 saturated heterocycles. The normalized spacial score (nSPS) is 19.7. The highest BCUT2D eigenvalue weighted by Gasteiger charge is 2.19. The Bertz CT molecular complexity index is 360. The zero-order valence-corrected chi connectivity index (χ0v) is 11.4. The van der Waals surface area contributed by atoms with Gasteiger partial charge in [-0.1, -0.05) is 6.08 Å². The van der Waals surface area contributed by atoms with E-state index in [4.69, 9.17) is 0 Å². The van der Waals surface area contributed by atoms with Crippen molar-refractivity contribution in [3.8, 4) is 0 Å². The van der Waals surface area contributed by atoms with Gasteiger partial charge in [0, 0.05) is 18.9 Å². The van der Waals surface area contributed by atoms with Gasteiger partial charge in [-0.2, -0.15) is 0 Å². The molecule has 0 amide bonds. The highest BCUT2D eigenvalue weighted by atomic mass is 35.5.